The summed E-state index contributed by atoms with van der Waals surface area (Å²) in [6, 6.07) is 2.62. The summed E-state index contributed by atoms with van der Waals surface area (Å²) >= 11 is 5.75. The van der Waals surface area contributed by atoms with Crippen molar-refractivity contribution in [2.24, 2.45) is 5.92 Å². The van der Waals surface area contributed by atoms with Crippen molar-refractivity contribution in [1.29, 1.82) is 0 Å². The smallest absolute Gasteiger partial charge is 0.306 e. The molecule has 4 nitrogen and oxygen atoms in total. The number of carboxylic acid groups (broad SMARTS) is 1. The number of phenols is 1. The molecule has 20 heavy (non-hydrogen) atoms. The van der Waals surface area contributed by atoms with Gasteiger partial charge in [-0.25, -0.2) is 4.39 Å². The zero-order chi connectivity index (χ0) is 14.7. The molecule has 2 rings (SSSR count). The van der Waals surface area contributed by atoms with Gasteiger partial charge in [-0.05, 0) is 31.4 Å². The number of rotatable bonds is 4. The third kappa shape index (κ3) is 3.61. The van der Waals surface area contributed by atoms with Gasteiger partial charge in [-0.1, -0.05) is 18.0 Å². The standard InChI is InChI=1S/C14H17ClFNO3/c15-10-4-9(13(18)12(16)6-10)7-17-11-3-1-2-8(5-11)14(19)20/h4,6,8,11,17-18H,1-3,5,7H2,(H,19,20)/t8-,11+/m1/s1. The minimum absolute atomic E-state index is 0.0614. The second kappa shape index (κ2) is 6.41. The predicted molar refractivity (Wildman–Crippen MR) is 73.3 cm³/mol. The van der Waals surface area contributed by atoms with Crippen molar-refractivity contribution in [2.45, 2.75) is 38.3 Å². The lowest BCUT2D eigenvalue weighted by atomic mass is 9.86. The van der Waals surface area contributed by atoms with Crippen molar-refractivity contribution in [3.05, 3.63) is 28.5 Å². The molecule has 0 amide bonds. The highest BCUT2D eigenvalue weighted by Gasteiger charge is 2.26. The quantitative estimate of drug-likeness (QED) is 0.800. The van der Waals surface area contributed by atoms with Crippen LogP contribution < -0.4 is 5.32 Å². The van der Waals surface area contributed by atoms with Gasteiger partial charge in [0.15, 0.2) is 11.6 Å². The first kappa shape index (κ1) is 15.1. The van der Waals surface area contributed by atoms with Crippen LogP contribution >= 0.6 is 11.6 Å². The number of nitrogens with one attached hydrogen (secondary N) is 1. The Kier molecular flexibility index (Phi) is 4.83. The van der Waals surface area contributed by atoms with Crippen molar-refractivity contribution in [2.75, 3.05) is 0 Å². The molecule has 1 saturated carbocycles. The average Bonchev–Trinajstić information content (AvgIpc) is 2.41. The van der Waals surface area contributed by atoms with E-state index < -0.39 is 17.5 Å². The SMILES string of the molecule is O=C(O)[C@@H]1CCC[C@H](NCc2cc(Cl)cc(F)c2O)C1. The Hall–Kier alpha value is -1.33. The molecule has 2 atom stereocenters. The number of aromatic hydroxyl groups is 1. The zero-order valence-electron chi connectivity index (χ0n) is 10.9. The van der Waals surface area contributed by atoms with E-state index in [0.29, 0.717) is 18.4 Å². The van der Waals surface area contributed by atoms with Gasteiger partial charge < -0.3 is 15.5 Å². The summed E-state index contributed by atoms with van der Waals surface area (Å²) in [5, 5.41) is 22.0. The molecule has 1 aromatic rings. The maximum absolute atomic E-state index is 13.3. The number of halogens is 2. The van der Waals surface area contributed by atoms with Crippen LogP contribution in [-0.2, 0) is 11.3 Å². The molecule has 0 bridgehead atoms. The Labute approximate surface area is 121 Å². The van der Waals surface area contributed by atoms with Gasteiger partial charge in [-0.3, -0.25) is 4.79 Å². The number of phenolic OH excluding ortho intramolecular Hbond substituents is 1. The highest BCUT2D eigenvalue weighted by Crippen LogP contribution is 2.28. The fraction of sp³-hybridized carbons (Fsp3) is 0.500. The van der Waals surface area contributed by atoms with Gasteiger partial charge in [0.1, 0.15) is 0 Å². The number of benzene rings is 1. The monoisotopic (exact) mass is 301 g/mol. The van der Waals surface area contributed by atoms with Gasteiger partial charge in [-0.15, -0.1) is 0 Å². The van der Waals surface area contributed by atoms with Gasteiger partial charge in [-0.2, -0.15) is 0 Å². The van der Waals surface area contributed by atoms with Crippen LogP contribution in [0.25, 0.3) is 0 Å². The van der Waals surface area contributed by atoms with Gasteiger partial charge in [0.25, 0.3) is 0 Å². The van der Waals surface area contributed by atoms with E-state index in [1.807, 2.05) is 0 Å². The molecule has 110 valence electrons. The van der Waals surface area contributed by atoms with Crippen molar-refractivity contribution < 1.29 is 19.4 Å². The minimum Gasteiger partial charge on any atom is -0.505 e. The molecule has 0 heterocycles. The summed E-state index contributed by atoms with van der Waals surface area (Å²) in [5.41, 5.74) is 0.382. The fourth-order valence-electron chi connectivity index (χ4n) is 2.61. The summed E-state index contributed by atoms with van der Waals surface area (Å²) in [4.78, 5) is 11.0. The van der Waals surface area contributed by atoms with E-state index >= 15 is 0 Å². The molecule has 0 saturated heterocycles. The van der Waals surface area contributed by atoms with E-state index in [9.17, 15) is 14.3 Å². The van der Waals surface area contributed by atoms with Crippen LogP contribution in [0.5, 0.6) is 5.75 Å². The summed E-state index contributed by atoms with van der Waals surface area (Å²) in [6.45, 7) is 0.264. The molecule has 1 fully saturated rings. The number of hydrogen-bond acceptors (Lipinski definition) is 3. The Bertz CT molecular complexity index is 509. The molecule has 0 aliphatic heterocycles. The van der Waals surface area contributed by atoms with Gasteiger partial charge in [0.2, 0.25) is 0 Å². The summed E-state index contributed by atoms with van der Waals surface area (Å²) in [7, 11) is 0. The normalized spacial score (nSPS) is 22.7. The second-order valence-corrected chi connectivity index (χ2v) is 5.61. The molecular weight excluding hydrogens is 285 g/mol. The Balaban J connectivity index is 1.97. The maximum Gasteiger partial charge on any atom is 0.306 e. The lowest BCUT2D eigenvalue weighted by Crippen LogP contribution is -2.36. The van der Waals surface area contributed by atoms with Crippen LogP contribution in [0.3, 0.4) is 0 Å². The van der Waals surface area contributed by atoms with E-state index in [-0.39, 0.29) is 23.5 Å². The van der Waals surface area contributed by atoms with Crippen molar-refractivity contribution in [1.82, 2.24) is 5.32 Å². The van der Waals surface area contributed by atoms with Crippen LogP contribution in [0.1, 0.15) is 31.2 Å². The van der Waals surface area contributed by atoms with Crippen LogP contribution in [0, 0.1) is 11.7 Å². The van der Waals surface area contributed by atoms with Crippen LogP contribution in [-0.4, -0.2) is 22.2 Å². The van der Waals surface area contributed by atoms with E-state index in [2.05, 4.69) is 5.32 Å². The third-order valence-electron chi connectivity index (χ3n) is 3.71. The number of carbonyl (C=O) groups is 1. The molecule has 6 heteroatoms. The number of carboxylic acids is 1. The third-order valence-corrected chi connectivity index (χ3v) is 3.93. The first-order valence-electron chi connectivity index (χ1n) is 6.60. The van der Waals surface area contributed by atoms with Crippen molar-refractivity contribution >= 4 is 17.6 Å². The predicted octanol–water partition coefficient (Wildman–Crippen LogP) is 2.92. The Morgan fingerprint density at radius 3 is 2.90 bits per heavy atom. The minimum atomic E-state index is -0.770. The van der Waals surface area contributed by atoms with Gasteiger partial charge in [0, 0.05) is 23.2 Å². The van der Waals surface area contributed by atoms with Gasteiger partial charge in [0.05, 0.1) is 5.92 Å². The van der Waals surface area contributed by atoms with E-state index in [4.69, 9.17) is 16.7 Å². The largest absolute Gasteiger partial charge is 0.505 e. The highest BCUT2D eigenvalue weighted by atomic mass is 35.5. The fourth-order valence-corrected chi connectivity index (χ4v) is 2.84. The van der Waals surface area contributed by atoms with E-state index in [0.717, 1.165) is 18.9 Å². The average molecular weight is 302 g/mol. The lowest BCUT2D eigenvalue weighted by Gasteiger charge is -2.27. The number of aliphatic carboxylic acids is 1. The number of hydrogen-bond donors (Lipinski definition) is 3. The summed E-state index contributed by atoms with van der Waals surface area (Å²) < 4.78 is 13.3. The molecule has 3 N–H and O–H groups in total. The topological polar surface area (TPSA) is 69.6 Å². The Morgan fingerprint density at radius 1 is 1.45 bits per heavy atom. The van der Waals surface area contributed by atoms with Gasteiger partial charge >= 0.3 is 5.97 Å². The highest BCUT2D eigenvalue weighted by molar-refractivity contribution is 6.30. The van der Waals surface area contributed by atoms with Crippen LogP contribution in [0.15, 0.2) is 12.1 Å². The summed E-state index contributed by atoms with van der Waals surface area (Å²) in [5.74, 6) is -2.26. The van der Waals surface area contributed by atoms with Crippen molar-refractivity contribution in [3.63, 3.8) is 0 Å². The molecule has 0 radical (unpaired) electrons. The second-order valence-electron chi connectivity index (χ2n) is 5.17. The van der Waals surface area contributed by atoms with Crippen molar-refractivity contribution in [3.8, 4) is 5.75 Å². The maximum atomic E-state index is 13.3. The van der Waals surface area contributed by atoms with Crippen LogP contribution in [0.4, 0.5) is 4.39 Å². The summed E-state index contributed by atoms with van der Waals surface area (Å²) in [6.07, 6.45) is 2.99. The molecule has 1 aliphatic rings. The first-order chi connectivity index (χ1) is 9.47. The molecule has 1 aliphatic carbocycles. The molecule has 0 unspecified atom stereocenters. The lowest BCUT2D eigenvalue weighted by molar-refractivity contribution is -0.143. The van der Waals surface area contributed by atoms with E-state index in [1.165, 1.54) is 6.07 Å². The first-order valence-corrected chi connectivity index (χ1v) is 6.98. The molecule has 0 aromatic heterocycles. The molecular formula is C14H17ClFNO3. The van der Waals surface area contributed by atoms with E-state index in [1.54, 1.807) is 0 Å². The zero-order valence-corrected chi connectivity index (χ0v) is 11.7. The molecule has 1 aromatic carbocycles. The molecule has 0 spiro atoms. The Morgan fingerprint density at radius 2 is 2.20 bits per heavy atom. The van der Waals surface area contributed by atoms with Crippen LogP contribution in [0.2, 0.25) is 5.02 Å².